The normalized spacial score (nSPS) is 30.2. The third kappa shape index (κ3) is 6.36. The van der Waals surface area contributed by atoms with Crippen LogP contribution in [0, 0.1) is 11.6 Å². The molecule has 224 valence electrons. The molecule has 1 N–H and O–H groups in total. The lowest BCUT2D eigenvalue weighted by Gasteiger charge is -2.46. The second-order valence-corrected chi connectivity index (χ2v) is 11.3. The Morgan fingerprint density at radius 2 is 1.34 bits per heavy atom. The highest BCUT2D eigenvalue weighted by Crippen LogP contribution is 2.42. The summed E-state index contributed by atoms with van der Waals surface area (Å²) in [7, 11) is 0. The van der Waals surface area contributed by atoms with Gasteiger partial charge in [-0.3, -0.25) is 9.59 Å². The molecule has 0 bridgehead atoms. The zero-order chi connectivity index (χ0) is 30.9. The minimum atomic E-state index is -2.19. The van der Waals surface area contributed by atoms with Gasteiger partial charge in [-0.15, -0.1) is 0 Å². The van der Waals surface area contributed by atoms with Gasteiger partial charge in [0.2, 0.25) is 0 Å². The summed E-state index contributed by atoms with van der Waals surface area (Å²) in [6.07, 6.45) is -10.2. The molecule has 4 rings (SSSR count). The van der Waals surface area contributed by atoms with Gasteiger partial charge in [-0.05, 0) is 46.8 Å². The van der Waals surface area contributed by atoms with Gasteiger partial charge in [0, 0.05) is 24.0 Å². The van der Waals surface area contributed by atoms with Gasteiger partial charge in [0.25, 0.3) is 11.8 Å². The Hall–Kier alpha value is -3.57. The van der Waals surface area contributed by atoms with Crippen LogP contribution < -0.4 is 5.32 Å². The average Bonchev–Trinajstić information content (AvgIpc) is 2.86. The van der Waals surface area contributed by atoms with E-state index in [-0.39, 0.29) is 11.1 Å². The first-order valence-electron chi connectivity index (χ1n) is 12.9. The number of nitrogens with one attached hydrogen (secondary N) is 1. The number of hydrogen-bond donors (Lipinski definition) is 1. The number of carbonyl (C=O) groups is 3. The first-order chi connectivity index (χ1) is 18.9. The predicted octanol–water partition coefficient (Wildman–Crippen LogP) is 6.12. The molecular weight excluding hydrogens is 554 g/mol. The monoisotopic (exact) mass is 586 g/mol. The standard InChI is InChI=1S/C17H20F3NO3.C12H12F3NO/c1-16(2,3)24-15(23)21-14(22)12(19)9-13(20)17(21,4)10-7-5-6-8-11(10)18;1-12(7-4-2-3-5-8(7)13)10(15)6-9(14)11(17)16-12/h5-8,12-13H,9H2,1-4H3;2-5,9-10H,6H2,1H3,(H,16,17)/t12?,13-,17+;9?,10-,12+/m00/s1. The van der Waals surface area contributed by atoms with Gasteiger partial charge in [-0.1, -0.05) is 36.4 Å². The molecule has 2 aliphatic heterocycles. The number of benzene rings is 2. The minimum Gasteiger partial charge on any atom is -0.443 e. The summed E-state index contributed by atoms with van der Waals surface area (Å²) in [6, 6.07) is 10.8. The van der Waals surface area contributed by atoms with Crippen molar-refractivity contribution in [2.75, 3.05) is 0 Å². The molecule has 2 aromatic rings. The van der Waals surface area contributed by atoms with Crippen LogP contribution in [0.1, 0.15) is 58.6 Å². The van der Waals surface area contributed by atoms with Crippen LogP contribution in [0.4, 0.5) is 31.1 Å². The number of alkyl halides is 4. The number of halogens is 6. The maximum absolute atomic E-state index is 14.8. The molecule has 2 fully saturated rings. The lowest BCUT2D eigenvalue weighted by molar-refractivity contribution is -0.153. The van der Waals surface area contributed by atoms with Crippen LogP contribution in [-0.4, -0.2) is 53.1 Å². The van der Waals surface area contributed by atoms with Crippen LogP contribution >= 0.6 is 0 Å². The summed E-state index contributed by atoms with van der Waals surface area (Å²) >= 11 is 0. The molecule has 0 aromatic heterocycles. The average molecular weight is 587 g/mol. The van der Waals surface area contributed by atoms with Gasteiger partial charge in [0.1, 0.15) is 35.1 Å². The number of amides is 3. The van der Waals surface area contributed by atoms with E-state index >= 15 is 0 Å². The van der Waals surface area contributed by atoms with Crippen molar-refractivity contribution in [3.05, 3.63) is 71.3 Å². The third-order valence-electron chi connectivity index (χ3n) is 7.11. The van der Waals surface area contributed by atoms with Crippen molar-refractivity contribution in [1.29, 1.82) is 0 Å². The Balaban J connectivity index is 0.000000239. The van der Waals surface area contributed by atoms with Gasteiger partial charge in [-0.25, -0.2) is 36.0 Å². The number of carbonyl (C=O) groups excluding carboxylic acids is 3. The van der Waals surface area contributed by atoms with Crippen molar-refractivity contribution in [3.63, 3.8) is 0 Å². The topological polar surface area (TPSA) is 75.7 Å². The minimum absolute atomic E-state index is 0.0350. The van der Waals surface area contributed by atoms with E-state index in [1.807, 2.05) is 0 Å². The fourth-order valence-corrected chi connectivity index (χ4v) is 4.82. The fraction of sp³-hybridized carbons (Fsp3) is 0.483. The lowest BCUT2D eigenvalue weighted by atomic mass is 9.79. The fourth-order valence-electron chi connectivity index (χ4n) is 4.82. The molecule has 2 unspecified atom stereocenters. The van der Waals surface area contributed by atoms with E-state index in [0.29, 0.717) is 4.90 Å². The summed E-state index contributed by atoms with van der Waals surface area (Å²) in [5.74, 6) is -3.54. The Bertz CT molecular complexity index is 1300. The summed E-state index contributed by atoms with van der Waals surface area (Å²) in [5, 5.41) is 2.22. The van der Waals surface area contributed by atoms with Crippen LogP contribution in [0.2, 0.25) is 0 Å². The number of piperidine rings is 2. The molecule has 2 saturated heterocycles. The third-order valence-corrected chi connectivity index (χ3v) is 7.11. The van der Waals surface area contributed by atoms with E-state index < -0.39 is 83.7 Å². The van der Waals surface area contributed by atoms with E-state index in [1.54, 1.807) is 26.8 Å². The van der Waals surface area contributed by atoms with Crippen LogP contribution in [-0.2, 0) is 25.4 Å². The molecule has 0 aliphatic carbocycles. The van der Waals surface area contributed by atoms with Crippen molar-refractivity contribution in [1.82, 2.24) is 10.2 Å². The number of imide groups is 1. The van der Waals surface area contributed by atoms with Crippen molar-refractivity contribution in [3.8, 4) is 0 Å². The van der Waals surface area contributed by atoms with Crippen molar-refractivity contribution < 1.29 is 45.5 Å². The zero-order valence-electron chi connectivity index (χ0n) is 23.2. The van der Waals surface area contributed by atoms with Gasteiger partial charge in [0.15, 0.2) is 12.3 Å². The molecule has 3 amide bonds. The van der Waals surface area contributed by atoms with Crippen molar-refractivity contribution in [2.45, 2.75) is 88.8 Å². The molecule has 6 nitrogen and oxygen atoms in total. The largest absolute Gasteiger partial charge is 0.443 e. The van der Waals surface area contributed by atoms with Crippen molar-refractivity contribution in [2.24, 2.45) is 0 Å². The maximum Gasteiger partial charge on any atom is 0.418 e. The lowest BCUT2D eigenvalue weighted by Crippen LogP contribution is -2.63. The number of hydrogen-bond acceptors (Lipinski definition) is 4. The quantitative estimate of drug-likeness (QED) is 0.431. The van der Waals surface area contributed by atoms with E-state index in [9.17, 15) is 40.7 Å². The smallest absolute Gasteiger partial charge is 0.418 e. The maximum atomic E-state index is 14.8. The van der Waals surface area contributed by atoms with Crippen LogP contribution in [0.15, 0.2) is 48.5 Å². The summed E-state index contributed by atoms with van der Waals surface area (Å²) < 4.78 is 88.6. The first kappa shape index (κ1) is 32.0. The van der Waals surface area contributed by atoms with Gasteiger partial charge < -0.3 is 10.1 Å². The highest BCUT2D eigenvalue weighted by atomic mass is 19.2. The molecule has 6 atom stereocenters. The number of likely N-dealkylation sites (tertiary alicyclic amines) is 1. The number of nitrogens with zero attached hydrogens (tertiary/aromatic N) is 1. The molecule has 2 aliphatic rings. The van der Waals surface area contributed by atoms with Gasteiger partial charge >= 0.3 is 6.09 Å². The van der Waals surface area contributed by atoms with Crippen LogP contribution in [0.5, 0.6) is 0 Å². The molecule has 12 heteroatoms. The second-order valence-electron chi connectivity index (χ2n) is 11.3. The van der Waals surface area contributed by atoms with Crippen LogP contribution in [0.3, 0.4) is 0 Å². The second kappa shape index (κ2) is 11.7. The Labute approximate surface area is 234 Å². The highest BCUT2D eigenvalue weighted by molar-refractivity contribution is 5.96. The molecule has 0 radical (unpaired) electrons. The predicted molar refractivity (Wildman–Crippen MR) is 138 cm³/mol. The number of ether oxygens (including phenoxy) is 1. The Morgan fingerprint density at radius 3 is 1.85 bits per heavy atom. The molecule has 2 heterocycles. The van der Waals surface area contributed by atoms with Crippen molar-refractivity contribution >= 4 is 17.9 Å². The zero-order valence-corrected chi connectivity index (χ0v) is 23.2. The van der Waals surface area contributed by atoms with Crippen LogP contribution in [0.25, 0.3) is 0 Å². The first-order valence-corrected chi connectivity index (χ1v) is 12.9. The van der Waals surface area contributed by atoms with E-state index in [0.717, 1.165) is 6.07 Å². The Kier molecular flexibility index (Phi) is 9.14. The summed E-state index contributed by atoms with van der Waals surface area (Å²) in [6.45, 7) is 7.22. The molecule has 0 saturated carbocycles. The summed E-state index contributed by atoms with van der Waals surface area (Å²) in [5.41, 5.74) is -4.66. The SMILES string of the molecule is CC(C)(C)OC(=O)N1C(=O)C(F)C[C@H](F)[C@@]1(C)c1ccccc1F.C[C@]1(c2ccccc2F)NC(=O)C(F)C[C@@H]1F. The Morgan fingerprint density at radius 1 is 0.854 bits per heavy atom. The molecule has 0 spiro atoms. The molecule has 41 heavy (non-hydrogen) atoms. The summed E-state index contributed by atoms with van der Waals surface area (Å²) in [4.78, 5) is 36.3. The van der Waals surface area contributed by atoms with Gasteiger partial charge in [0.05, 0.1) is 5.54 Å². The van der Waals surface area contributed by atoms with E-state index in [2.05, 4.69) is 5.32 Å². The van der Waals surface area contributed by atoms with Gasteiger partial charge in [-0.2, -0.15) is 0 Å². The van der Waals surface area contributed by atoms with E-state index in [1.165, 1.54) is 50.2 Å². The molecular formula is C29H32F6N2O4. The number of rotatable bonds is 2. The van der Waals surface area contributed by atoms with E-state index in [4.69, 9.17) is 4.74 Å². The highest BCUT2D eigenvalue weighted by Gasteiger charge is 2.56. The molecule has 2 aromatic carbocycles.